The fourth-order valence-electron chi connectivity index (χ4n) is 2.85. The smallest absolute Gasteiger partial charge is 0.170 e. The van der Waals surface area contributed by atoms with Crippen LogP contribution in [0.3, 0.4) is 0 Å². The molecule has 1 fully saturated rings. The second-order valence-electron chi connectivity index (χ2n) is 6.75. The molecule has 1 aromatic heterocycles. The van der Waals surface area contributed by atoms with Crippen LogP contribution in [-0.4, -0.2) is 24.0 Å². The number of benzene rings is 1. The van der Waals surface area contributed by atoms with Gasteiger partial charge in [-0.2, -0.15) is 10.4 Å². The number of hydrogen-bond donors (Lipinski definition) is 0. The summed E-state index contributed by atoms with van der Waals surface area (Å²) in [6.45, 7) is 5.50. The third-order valence-corrected chi connectivity index (χ3v) is 5.90. The number of rotatable bonds is 6. The first-order chi connectivity index (χ1) is 11.8. The van der Waals surface area contributed by atoms with Gasteiger partial charge in [-0.3, -0.25) is 4.68 Å². The molecule has 1 aliphatic carbocycles. The predicted molar refractivity (Wildman–Crippen MR) is 94.2 cm³/mol. The average Bonchev–Trinajstić information content (AvgIpc) is 3.22. The van der Waals surface area contributed by atoms with Crippen molar-refractivity contribution in [3.05, 3.63) is 40.7 Å². The minimum atomic E-state index is -3.16. The molecule has 0 unspecified atom stereocenters. The Morgan fingerprint density at radius 3 is 2.48 bits per heavy atom. The highest BCUT2D eigenvalue weighted by Crippen LogP contribution is 2.31. The maximum atomic E-state index is 12.2. The van der Waals surface area contributed by atoms with Crippen LogP contribution in [0.25, 0.3) is 0 Å². The van der Waals surface area contributed by atoms with Gasteiger partial charge in [0, 0.05) is 0 Å². The van der Waals surface area contributed by atoms with E-state index in [0.717, 1.165) is 24.0 Å². The van der Waals surface area contributed by atoms with E-state index in [9.17, 15) is 8.42 Å². The summed E-state index contributed by atoms with van der Waals surface area (Å²) in [5.74, 6) is 1.56. The van der Waals surface area contributed by atoms with Gasteiger partial charge in [-0.15, -0.1) is 0 Å². The van der Waals surface area contributed by atoms with Crippen LogP contribution in [0.2, 0.25) is 0 Å². The molecule has 7 heteroatoms. The summed E-state index contributed by atoms with van der Waals surface area (Å²) in [6.07, 6.45) is 3.62. The Labute approximate surface area is 148 Å². The molecule has 0 spiro atoms. The van der Waals surface area contributed by atoms with Gasteiger partial charge in [0.05, 0.1) is 23.6 Å². The van der Waals surface area contributed by atoms with E-state index in [0.29, 0.717) is 28.7 Å². The standard InChI is InChI=1S/C18H21N3O3S/c1-12-6-16(7-13(2)17(12)8-19)24-18-9-21(20-14(18)3)11-25(22,23)10-15-4-5-15/h6-7,9,15H,4-5,10-11H2,1-3H3. The Bertz CT molecular complexity index is 927. The molecular weight excluding hydrogens is 338 g/mol. The van der Waals surface area contributed by atoms with Gasteiger partial charge in [0.15, 0.2) is 15.6 Å². The molecule has 1 saturated carbocycles. The lowest BCUT2D eigenvalue weighted by Gasteiger charge is -2.08. The first-order valence-electron chi connectivity index (χ1n) is 8.21. The van der Waals surface area contributed by atoms with Crippen molar-refractivity contribution in [2.24, 2.45) is 5.92 Å². The first kappa shape index (κ1) is 17.5. The van der Waals surface area contributed by atoms with E-state index >= 15 is 0 Å². The molecule has 2 aromatic rings. The van der Waals surface area contributed by atoms with E-state index < -0.39 is 9.84 Å². The zero-order chi connectivity index (χ0) is 18.2. The Hall–Kier alpha value is -2.33. The normalized spacial score (nSPS) is 14.3. The highest BCUT2D eigenvalue weighted by molar-refractivity contribution is 7.90. The highest BCUT2D eigenvalue weighted by Gasteiger charge is 2.28. The minimum Gasteiger partial charge on any atom is -0.454 e. The molecule has 0 atom stereocenters. The van der Waals surface area contributed by atoms with Gasteiger partial charge in [-0.1, -0.05) is 0 Å². The number of nitriles is 1. The molecule has 0 N–H and O–H groups in total. The molecule has 0 bridgehead atoms. The summed E-state index contributed by atoms with van der Waals surface area (Å²) in [4.78, 5) is 0. The van der Waals surface area contributed by atoms with Gasteiger partial charge in [0.25, 0.3) is 0 Å². The van der Waals surface area contributed by atoms with Crippen LogP contribution in [0.15, 0.2) is 18.3 Å². The molecule has 0 amide bonds. The zero-order valence-corrected chi connectivity index (χ0v) is 15.4. The third kappa shape index (κ3) is 4.20. The maximum absolute atomic E-state index is 12.2. The van der Waals surface area contributed by atoms with Crippen molar-refractivity contribution >= 4 is 9.84 Å². The fraction of sp³-hybridized carbons (Fsp3) is 0.444. The van der Waals surface area contributed by atoms with Gasteiger partial charge in [-0.05, 0) is 62.8 Å². The molecule has 3 rings (SSSR count). The van der Waals surface area contributed by atoms with E-state index in [1.807, 2.05) is 13.8 Å². The number of aromatic nitrogens is 2. The summed E-state index contributed by atoms with van der Waals surface area (Å²) >= 11 is 0. The summed E-state index contributed by atoms with van der Waals surface area (Å²) in [5.41, 5.74) is 2.95. The summed E-state index contributed by atoms with van der Waals surface area (Å²) in [6, 6.07) is 5.77. The van der Waals surface area contributed by atoms with Crippen molar-refractivity contribution in [3.8, 4) is 17.6 Å². The van der Waals surface area contributed by atoms with Crippen LogP contribution >= 0.6 is 0 Å². The molecule has 6 nitrogen and oxygen atoms in total. The lowest BCUT2D eigenvalue weighted by Crippen LogP contribution is -2.16. The summed E-state index contributed by atoms with van der Waals surface area (Å²) in [5, 5.41) is 13.4. The van der Waals surface area contributed by atoms with Crippen LogP contribution in [0, 0.1) is 38.0 Å². The SMILES string of the molecule is Cc1cc(Oc2cn(CS(=O)(=O)CC3CC3)nc2C)cc(C)c1C#N. The van der Waals surface area contributed by atoms with Crippen LogP contribution in [0.1, 0.15) is 35.2 Å². The van der Waals surface area contributed by atoms with Gasteiger partial charge < -0.3 is 4.74 Å². The van der Waals surface area contributed by atoms with Crippen molar-refractivity contribution in [3.63, 3.8) is 0 Å². The van der Waals surface area contributed by atoms with Crippen molar-refractivity contribution in [1.82, 2.24) is 9.78 Å². The van der Waals surface area contributed by atoms with Crippen molar-refractivity contribution in [2.75, 3.05) is 5.75 Å². The predicted octanol–water partition coefficient (Wildman–Crippen LogP) is 3.25. The first-order valence-corrected chi connectivity index (χ1v) is 10.0. The summed E-state index contributed by atoms with van der Waals surface area (Å²) in [7, 11) is -3.16. The number of aryl methyl sites for hydroxylation is 3. The van der Waals surface area contributed by atoms with E-state index in [2.05, 4.69) is 11.2 Å². The molecule has 1 aromatic carbocycles. The molecule has 1 heterocycles. The quantitative estimate of drug-likeness (QED) is 0.790. The van der Waals surface area contributed by atoms with E-state index in [1.165, 1.54) is 4.68 Å². The molecule has 132 valence electrons. The Kier molecular flexibility index (Phi) is 4.56. The lowest BCUT2D eigenvalue weighted by atomic mass is 10.0. The average molecular weight is 359 g/mol. The minimum absolute atomic E-state index is 0.126. The number of ether oxygens (including phenoxy) is 1. The molecular formula is C18H21N3O3S. The van der Waals surface area contributed by atoms with Crippen LogP contribution in [-0.2, 0) is 15.7 Å². The Morgan fingerprint density at radius 2 is 1.92 bits per heavy atom. The largest absolute Gasteiger partial charge is 0.454 e. The highest BCUT2D eigenvalue weighted by atomic mass is 32.2. The molecule has 0 aliphatic heterocycles. The van der Waals surface area contributed by atoms with Crippen LogP contribution in [0.5, 0.6) is 11.5 Å². The van der Waals surface area contributed by atoms with Crippen molar-refractivity contribution in [2.45, 2.75) is 39.5 Å². The van der Waals surface area contributed by atoms with E-state index in [-0.39, 0.29) is 11.6 Å². The molecule has 0 saturated heterocycles. The van der Waals surface area contributed by atoms with Gasteiger partial charge >= 0.3 is 0 Å². The molecule has 0 radical (unpaired) electrons. The Morgan fingerprint density at radius 1 is 1.28 bits per heavy atom. The second-order valence-corrected chi connectivity index (χ2v) is 8.83. The zero-order valence-electron chi connectivity index (χ0n) is 14.6. The van der Waals surface area contributed by atoms with Crippen LogP contribution in [0.4, 0.5) is 0 Å². The monoisotopic (exact) mass is 359 g/mol. The molecule has 1 aliphatic rings. The van der Waals surface area contributed by atoms with Gasteiger partial charge in [-0.25, -0.2) is 8.42 Å². The van der Waals surface area contributed by atoms with E-state index in [1.54, 1.807) is 25.3 Å². The third-order valence-electron chi connectivity index (χ3n) is 4.26. The number of hydrogen-bond acceptors (Lipinski definition) is 5. The molecule has 25 heavy (non-hydrogen) atoms. The Balaban J connectivity index is 1.78. The topological polar surface area (TPSA) is 85.0 Å². The summed E-state index contributed by atoms with van der Waals surface area (Å²) < 4.78 is 31.6. The second kappa shape index (κ2) is 6.52. The maximum Gasteiger partial charge on any atom is 0.170 e. The van der Waals surface area contributed by atoms with E-state index in [4.69, 9.17) is 10.00 Å². The fourth-order valence-corrected chi connectivity index (χ4v) is 4.54. The van der Waals surface area contributed by atoms with Crippen molar-refractivity contribution in [1.29, 1.82) is 5.26 Å². The van der Waals surface area contributed by atoms with Gasteiger partial charge in [0.1, 0.15) is 17.3 Å². The van der Waals surface area contributed by atoms with Crippen molar-refractivity contribution < 1.29 is 13.2 Å². The number of nitrogens with zero attached hydrogens (tertiary/aromatic N) is 3. The number of sulfone groups is 1. The lowest BCUT2D eigenvalue weighted by molar-refractivity contribution is 0.477. The van der Waals surface area contributed by atoms with Crippen LogP contribution < -0.4 is 4.74 Å². The van der Waals surface area contributed by atoms with Gasteiger partial charge in [0.2, 0.25) is 0 Å².